The molecule has 0 fully saturated rings. The maximum Gasteiger partial charge on any atom is 0.376 e. The van der Waals surface area contributed by atoms with E-state index in [2.05, 4.69) is 0 Å². The molecule has 0 aliphatic carbocycles. The van der Waals surface area contributed by atoms with E-state index >= 15 is 0 Å². The molecule has 0 aromatic carbocycles. The largest absolute Gasteiger partial charge is 0.560 e. The van der Waals surface area contributed by atoms with E-state index in [0.717, 1.165) is 0 Å². The fourth-order valence-corrected chi connectivity index (χ4v) is 0. The second kappa shape index (κ2) is 38.5. The summed E-state index contributed by atoms with van der Waals surface area (Å²) in [5.41, 5.74) is 0. The molecule has 151 valence electrons. The Hall–Kier alpha value is -0.999. The van der Waals surface area contributed by atoms with Gasteiger partial charge in [0.1, 0.15) is 0 Å². The molecule has 0 N–H and O–H groups in total. The Labute approximate surface area is 153 Å². The Kier molecular flexibility index (Phi) is 67.7. The van der Waals surface area contributed by atoms with Crippen LogP contribution in [0.5, 0.6) is 0 Å². The molecule has 0 aliphatic heterocycles. The van der Waals surface area contributed by atoms with Crippen LogP contribution in [0.1, 0.15) is 0 Å². The predicted octanol–water partition coefficient (Wildman–Crippen LogP) is -7.61. The molecule has 0 rings (SSSR count). The van der Waals surface area contributed by atoms with Crippen molar-refractivity contribution in [2.24, 2.45) is 0 Å². The van der Waals surface area contributed by atoms with E-state index in [4.69, 9.17) is 55.5 Å². The third kappa shape index (κ3) is 10200. The Balaban J connectivity index is -0.0000000309. The molecular formula is F6MnO12Si6-6. The first-order chi connectivity index (χ1) is 10.4. The molecule has 0 saturated carbocycles. The minimum Gasteiger partial charge on any atom is -0.560 e. The van der Waals surface area contributed by atoms with Crippen LogP contribution in [-0.4, -0.2) is 55.6 Å². The van der Waals surface area contributed by atoms with E-state index in [0.29, 0.717) is 0 Å². The maximum absolute atomic E-state index is 9.99. The average molecular weight is 529 g/mol. The molecule has 0 aromatic rings. The van der Waals surface area contributed by atoms with E-state index in [1.165, 1.54) is 0 Å². The zero-order valence-electron chi connectivity index (χ0n) is 10.5. The Morgan fingerprint density at radius 2 is 0.360 bits per heavy atom. The van der Waals surface area contributed by atoms with Gasteiger partial charge in [0.05, 0.1) is 0 Å². The van der Waals surface area contributed by atoms with Crippen LogP contribution in [0.15, 0.2) is 0 Å². The minimum atomic E-state index is -3.88. The van der Waals surface area contributed by atoms with Crippen LogP contribution in [0.4, 0.5) is 24.6 Å². The summed E-state index contributed by atoms with van der Waals surface area (Å²) >= 11 is 0. The summed E-state index contributed by atoms with van der Waals surface area (Å²) in [6.45, 7) is 0. The smallest absolute Gasteiger partial charge is 0.376 e. The van der Waals surface area contributed by atoms with Crippen molar-refractivity contribution in [3.8, 4) is 0 Å². The third-order valence-electron chi connectivity index (χ3n) is 0. The van der Waals surface area contributed by atoms with Gasteiger partial charge in [0.2, 0.25) is 0 Å². The van der Waals surface area contributed by atoms with E-state index in [1.807, 2.05) is 0 Å². The second-order valence-electron chi connectivity index (χ2n) is 1.43. The van der Waals surface area contributed by atoms with Gasteiger partial charge in [-0.2, -0.15) is 0 Å². The van der Waals surface area contributed by atoms with Gasteiger partial charge in [0.15, 0.2) is 0 Å². The molecule has 0 heterocycles. The summed E-state index contributed by atoms with van der Waals surface area (Å²) in [4.78, 5) is 50.4. The molecule has 1 radical (unpaired) electrons. The van der Waals surface area contributed by atoms with Gasteiger partial charge in [0.25, 0.3) is 0 Å². The molecule has 0 aliphatic rings. The summed E-state index contributed by atoms with van der Waals surface area (Å²) in [5, 5.41) is 0. The van der Waals surface area contributed by atoms with Crippen LogP contribution in [0, 0.1) is 0 Å². The fraction of sp³-hybridized carbons (Fsp3) is 0. The van der Waals surface area contributed by atoms with Crippen LogP contribution < -0.4 is 28.8 Å². The molecule has 0 unspecified atom stereocenters. The summed E-state index contributed by atoms with van der Waals surface area (Å²) < 4.78 is 110. The number of hydrogen-bond donors (Lipinski definition) is 0. The SMILES string of the molecule is O=[Si]([O-])F.O=[Si]([O-])F.O=[Si]([O-])F.O=[Si]([O-])F.O=[Si]([O-])F.O=[Si]([O-])F.[Mn]. The van der Waals surface area contributed by atoms with Crippen molar-refractivity contribution in [1.29, 1.82) is 0 Å². The zero-order valence-corrected chi connectivity index (χ0v) is 17.7. The summed E-state index contributed by atoms with van der Waals surface area (Å²) in [7, 11) is -23.3. The van der Waals surface area contributed by atoms with E-state index in [9.17, 15) is 24.6 Å². The molecule has 12 nitrogen and oxygen atoms in total. The Morgan fingerprint density at radius 1 is 0.360 bits per heavy atom. The van der Waals surface area contributed by atoms with Gasteiger partial charge in [0, 0.05) is 17.1 Å². The van der Waals surface area contributed by atoms with Gasteiger partial charge in [-0.25, -0.2) is 0 Å². The first-order valence-electron chi connectivity index (χ1n) is 3.58. The van der Waals surface area contributed by atoms with Gasteiger partial charge in [-0.3, -0.25) is 24.6 Å². The molecule has 0 spiro atoms. The van der Waals surface area contributed by atoms with E-state index in [-0.39, 0.29) is 17.1 Å². The van der Waals surface area contributed by atoms with Crippen molar-refractivity contribution in [3.63, 3.8) is 0 Å². The predicted molar refractivity (Wildman–Crippen MR) is 45.3 cm³/mol. The molecule has 0 aromatic heterocycles. The monoisotopic (exact) mass is 529 g/mol. The van der Waals surface area contributed by atoms with Gasteiger partial charge >= 0.3 is 55.6 Å². The normalized spacial score (nSPS) is 6.00. The number of rotatable bonds is 0. The van der Waals surface area contributed by atoms with Crippen molar-refractivity contribution in [2.45, 2.75) is 0 Å². The van der Waals surface area contributed by atoms with Crippen LogP contribution in [-0.2, 0) is 43.8 Å². The van der Waals surface area contributed by atoms with E-state index < -0.39 is 55.6 Å². The zero-order chi connectivity index (χ0) is 21.5. The van der Waals surface area contributed by atoms with Crippen molar-refractivity contribution in [3.05, 3.63) is 0 Å². The third-order valence-corrected chi connectivity index (χ3v) is 0. The Bertz CT molecular complexity index is 273. The molecule has 0 atom stereocenters. The summed E-state index contributed by atoms with van der Waals surface area (Å²) in [5.74, 6) is 0. The van der Waals surface area contributed by atoms with Crippen LogP contribution in [0.25, 0.3) is 0 Å². The fourth-order valence-electron chi connectivity index (χ4n) is 0. The van der Waals surface area contributed by atoms with Crippen molar-refractivity contribution in [1.82, 2.24) is 0 Å². The van der Waals surface area contributed by atoms with Crippen LogP contribution >= 0.6 is 0 Å². The molecule has 25 heteroatoms. The van der Waals surface area contributed by atoms with Crippen molar-refractivity contribution < 1.29 is 97.3 Å². The quantitative estimate of drug-likeness (QED) is 0.161. The van der Waals surface area contributed by atoms with Crippen LogP contribution in [0.3, 0.4) is 0 Å². The molecule has 0 bridgehead atoms. The second-order valence-corrected chi connectivity index (χ2v) is 4.28. The average Bonchev–Trinajstić information content (AvgIpc) is 2.08. The van der Waals surface area contributed by atoms with Gasteiger partial charge in [-0.1, -0.05) is 0 Å². The first kappa shape index (κ1) is 43.9. The Morgan fingerprint density at radius 3 is 0.360 bits per heavy atom. The van der Waals surface area contributed by atoms with Gasteiger partial charge in [-0.15, -0.1) is 0 Å². The molecule has 25 heavy (non-hydrogen) atoms. The van der Waals surface area contributed by atoms with Gasteiger partial charge in [-0.05, 0) is 0 Å². The molecular weight excluding hydrogens is 529 g/mol. The van der Waals surface area contributed by atoms with E-state index in [1.54, 1.807) is 0 Å². The summed E-state index contributed by atoms with van der Waals surface area (Å²) in [6.07, 6.45) is 0. The standard InChI is InChI=1S/6FO2Si.Mn/c6*1-4(2)3;/q6*-1;. The maximum atomic E-state index is 9.99. The molecule has 0 amide bonds. The van der Waals surface area contributed by atoms with Crippen LogP contribution in [0.2, 0.25) is 0 Å². The summed E-state index contributed by atoms with van der Waals surface area (Å²) in [6, 6.07) is 0. The molecule has 0 saturated heterocycles. The van der Waals surface area contributed by atoms with Gasteiger partial charge < -0.3 is 55.5 Å². The topological polar surface area (TPSA) is 241 Å². The minimum absolute atomic E-state index is 0. The first-order valence-corrected chi connectivity index (χ1v) is 10.8. The van der Waals surface area contributed by atoms with Crippen molar-refractivity contribution in [2.75, 3.05) is 0 Å². The number of hydrogen-bond acceptors (Lipinski definition) is 12. The number of halogens is 6. The van der Waals surface area contributed by atoms with Crippen molar-refractivity contribution >= 4 is 55.6 Å².